The zero-order chi connectivity index (χ0) is 21.5. The number of piperidine rings is 1. The molecule has 0 saturated carbocycles. The zero-order valence-electron chi connectivity index (χ0n) is 18.6. The van der Waals surface area contributed by atoms with Crippen molar-refractivity contribution in [3.63, 3.8) is 0 Å². The lowest BCUT2D eigenvalue weighted by Gasteiger charge is -2.29. The third kappa shape index (κ3) is 5.56. The van der Waals surface area contributed by atoms with E-state index in [9.17, 15) is 4.79 Å². The molecule has 8 nitrogen and oxygen atoms in total. The van der Waals surface area contributed by atoms with E-state index >= 15 is 0 Å². The Morgan fingerprint density at radius 2 is 2.03 bits per heavy atom. The van der Waals surface area contributed by atoms with Gasteiger partial charge < -0.3 is 9.64 Å². The number of tetrazole rings is 1. The van der Waals surface area contributed by atoms with Crippen molar-refractivity contribution in [2.45, 2.75) is 58.7 Å². The minimum absolute atomic E-state index is 0.0567. The first kappa shape index (κ1) is 22.2. The fourth-order valence-corrected chi connectivity index (χ4v) is 3.92. The number of hydrogen-bond donors (Lipinski definition) is 0. The van der Waals surface area contributed by atoms with Gasteiger partial charge in [-0.25, -0.2) is 4.68 Å². The normalized spacial score (nSPS) is 16.4. The van der Waals surface area contributed by atoms with Gasteiger partial charge in [0.2, 0.25) is 5.91 Å². The molecule has 1 aliphatic heterocycles. The van der Waals surface area contributed by atoms with E-state index in [4.69, 9.17) is 4.74 Å². The van der Waals surface area contributed by atoms with E-state index in [2.05, 4.69) is 27.3 Å². The number of rotatable bonds is 9. The van der Waals surface area contributed by atoms with Crippen LogP contribution in [0.4, 0.5) is 0 Å². The van der Waals surface area contributed by atoms with Crippen LogP contribution < -0.4 is 4.74 Å². The molecule has 3 rings (SSSR count). The van der Waals surface area contributed by atoms with Crippen LogP contribution in [-0.2, 0) is 17.9 Å². The van der Waals surface area contributed by atoms with Gasteiger partial charge in [-0.3, -0.25) is 9.69 Å². The van der Waals surface area contributed by atoms with Crippen molar-refractivity contribution in [1.82, 2.24) is 30.0 Å². The molecule has 0 unspecified atom stereocenters. The fraction of sp³-hybridized carbons (Fsp3) is 0.636. The van der Waals surface area contributed by atoms with Gasteiger partial charge in [0.25, 0.3) is 0 Å². The number of carbonyl (C=O) groups is 1. The Morgan fingerprint density at radius 3 is 2.77 bits per heavy atom. The van der Waals surface area contributed by atoms with Gasteiger partial charge in [0.15, 0.2) is 5.82 Å². The smallest absolute Gasteiger partial charge is 0.222 e. The second-order valence-corrected chi connectivity index (χ2v) is 8.30. The zero-order valence-corrected chi connectivity index (χ0v) is 18.6. The van der Waals surface area contributed by atoms with Crippen molar-refractivity contribution in [1.29, 1.82) is 0 Å². The van der Waals surface area contributed by atoms with Crippen LogP contribution >= 0.6 is 0 Å². The lowest BCUT2D eigenvalue weighted by atomic mass is 9.99. The molecule has 1 aromatic heterocycles. The Labute approximate surface area is 179 Å². The molecule has 0 radical (unpaired) electrons. The predicted octanol–water partition coefficient (Wildman–Crippen LogP) is 2.91. The Bertz CT molecular complexity index is 815. The maximum absolute atomic E-state index is 12.7. The van der Waals surface area contributed by atoms with E-state index in [1.807, 2.05) is 42.9 Å². The molecule has 2 heterocycles. The summed E-state index contributed by atoms with van der Waals surface area (Å²) in [6, 6.07) is 7.77. The van der Waals surface area contributed by atoms with Crippen molar-refractivity contribution in [2.75, 3.05) is 27.2 Å². The molecule has 8 heteroatoms. The van der Waals surface area contributed by atoms with Crippen LogP contribution in [0.5, 0.6) is 5.75 Å². The second kappa shape index (κ2) is 10.5. The summed E-state index contributed by atoms with van der Waals surface area (Å²) in [4.78, 5) is 16.9. The van der Waals surface area contributed by atoms with Crippen LogP contribution in [0, 0.1) is 5.92 Å². The summed E-state index contributed by atoms with van der Waals surface area (Å²) in [5.74, 6) is 2.59. The lowest BCUT2D eigenvalue weighted by molar-refractivity contribution is -0.132. The van der Waals surface area contributed by atoms with Crippen LogP contribution in [0.2, 0.25) is 0 Å². The van der Waals surface area contributed by atoms with Gasteiger partial charge in [-0.05, 0) is 61.7 Å². The van der Waals surface area contributed by atoms with Crippen molar-refractivity contribution in [3.05, 3.63) is 35.7 Å². The first-order chi connectivity index (χ1) is 14.5. The standard InChI is InChI=1S/C22H34N6O2/c1-17-11-14-27(15-12-17)16-21-23-24-25-28(21)13-7-10-22(29)26(3)18(2)19-8-5-6-9-20(19)30-4/h5-6,8-9,17-18H,7,10-16H2,1-4H3/t18-/m1/s1. The molecule has 0 spiro atoms. The molecule has 164 valence electrons. The Morgan fingerprint density at radius 1 is 1.30 bits per heavy atom. The number of aromatic nitrogens is 4. The number of amides is 1. The first-order valence-corrected chi connectivity index (χ1v) is 10.9. The molecule has 2 aromatic rings. The van der Waals surface area contributed by atoms with Crippen LogP contribution in [0.1, 0.15) is 57.0 Å². The highest BCUT2D eigenvalue weighted by molar-refractivity contribution is 5.76. The molecular weight excluding hydrogens is 380 g/mol. The number of carbonyl (C=O) groups excluding carboxylic acids is 1. The van der Waals surface area contributed by atoms with Gasteiger partial charge in [0.1, 0.15) is 5.75 Å². The van der Waals surface area contributed by atoms with Crippen LogP contribution in [0.3, 0.4) is 0 Å². The summed E-state index contributed by atoms with van der Waals surface area (Å²) in [7, 11) is 3.50. The van der Waals surface area contributed by atoms with Gasteiger partial charge in [-0.1, -0.05) is 25.1 Å². The van der Waals surface area contributed by atoms with Crippen LogP contribution in [0.15, 0.2) is 24.3 Å². The molecule has 30 heavy (non-hydrogen) atoms. The van der Waals surface area contributed by atoms with E-state index < -0.39 is 0 Å². The van der Waals surface area contributed by atoms with E-state index in [0.717, 1.165) is 42.7 Å². The largest absolute Gasteiger partial charge is 0.496 e. The topological polar surface area (TPSA) is 76.4 Å². The molecule has 0 bridgehead atoms. The van der Waals surface area contributed by atoms with Crippen LogP contribution in [-0.4, -0.2) is 63.2 Å². The highest BCUT2D eigenvalue weighted by Gasteiger charge is 2.21. The van der Waals surface area contributed by atoms with E-state index in [0.29, 0.717) is 19.4 Å². The number of methoxy groups -OCH3 is 1. The second-order valence-electron chi connectivity index (χ2n) is 8.30. The molecule has 0 aliphatic carbocycles. The molecule has 1 saturated heterocycles. The number of ether oxygens (including phenoxy) is 1. The lowest BCUT2D eigenvalue weighted by Crippen LogP contribution is -2.33. The van der Waals surface area contributed by atoms with Gasteiger partial charge in [0, 0.05) is 25.6 Å². The third-order valence-electron chi connectivity index (χ3n) is 6.17. The fourth-order valence-electron chi connectivity index (χ4n) is 3.92. The van der Waals surface area contributed by atoms with Gasteiger partial charge in [0.05, 0.1) is 19.7 Å². The van der Waals surface area contributed by atoms with Crippen LogP contribution in [0.25, 0.3) is 0 Å². The number of nitrogens with zero attached hydrogens (tertiary/aromatic N) is 6. The van der Waals surface area contributed by atoms with E-state index in [1.165, 1.54) is 12.8 Å². The van der Waals surface area contributed by atoms with Gasteiger partial charge in [-0.15, -0.1) is 5.10 Å². The number of benzene rings is 1. The van der Waals surface area contributed by atoms with Crippen molar-refractivity contribution >= 4 is 5.91 Å². The highest BCUT2D eigenvalue weighted by atomic mass is 16.5. The summed E-state index contributed by atoms with van der Waals surface area (Å²) in [5, 5.41) is 12.2. The summed E-state index contributed by atoms with van der Waals surface area (Å²) < 4.78 is 7.28. The minimum Gasteiger partial charge on any atom is -0.496 e. The Balaban J connectivity index is 1.49. The average Bonchev–Trinajstić information content (AvgIpc) is 3.21. The van der Waals surface area contributed by atoms with E-state index in [-0.39, 0.29) is 11.9 Å². The summed E-state index contributed by atoms with van der Waals surface area (Å²) >= 11 is 0. The molecule has 1 atom stereocenters. The maximum atomic E-state index is 12.7. The molecular formula is C22H34N6O2. The van der Waals surface area contributed by atoms with Gasteiger partial charge in [-0.2, -0.15) is 0 Å². The quantitative estimate of drug-likeness (QED) is 0.628. The summed E-state index contributed by atoms with van der Waals surface area (Å²) in [5.41, 5.74) is 1.01. The molecule has 1 aliphatic rings. The monoisotopic (exact) mass is 414 g/mol. The maximum Gasteiger partial charge on any atom is 0.222 e. The van der Waals surface area contributed by atoms with Crippen molar-refractivity contribution in [3.8, 4) is 5.75 Å². The summed E-state index contributed by atoms with van der Waals surface area (Å²) in [6.07, 6.45) is 3.62. The molecule has 1 amide bonds. The molecule has 0 N–H and O–H groups in total. The Kier molecular flexibility index (Phi) is 7.79. The number of likely N-dealkylation sites (tertiary alicyclic amines) is 1. The molecule has 1 fully saturated rings. The number of hydrogen-bond acceptors (Lipinski definition) is 6. The van der Waals surface area contributed by atoms with Crippen molar-refractivity contribution < 1.29 is 9.53 Å². The highest BCUT2D eigenvalue weighted by Crippen LogP contribution is 2.28. The third-order valence-corrected chi connectivity index (χ3v) is 6.17. The summed E-state index contributed by atoms with van der Waals surface area (Å²) in [6.45, 7) is 7.95. The average molecular weight is 415 g/mol. The number of aryl methyl sites for hydroxylation is 1. The first-order valence-electron chi connectivity index (χ1n) is 10.9. The van der Waals surface area contributed by atoms with Gasteiger partial charge >= 0.3 is 0 Å². The SMILES string of the molecule is COc1ccccc1[C@@H](C)N(C)C(=O)CCCn1nnnc1CN1CCC(C)CC1. The Hall–Kier alpha value is -2.48. The minimum atomic E-state index is -0.0567. The molecule has 1 aromatic carbocycles. The number of para-hydroxylation sites is 1. The predicted molar refractivity (Wildman–Crippen MR) is 115 cm³/mol. The van der Waals surface area contributed by atoms with E-state index in [1.54, 1.807) is 12.0 Å². The van der Waals surface area contributed by atoms with Crippen molar-refractivity contribution in [2.24, 2.45) is 5.92 Å².